The number of alkyl halides is 1. The minimum absolute atomic E-state index is 0.0307. The zero-order valence-electron chi connectivity index (χ0n) is 7.09. The van der Waals surface area contributed by atoms with Crippen molar-refractivity contribution >= 4 is 27.5 Å². The first-order chi connectivity index (χ1) is 6.29. The lowest BCUT2D eigenvalue weighted by Gasteiger charge is -2.12. The molecule has 1 heterocycles. The Morgan fingerprint density at radius 3 is 2.92 bits per heavy atom. The van der Waals surface area contributed by atoms with Crippen molar-refractivity contribution in [2.45, 2.75) is 18.9 Å². The van der Waals surface area contributed by atoms with E-state index in [1.165, 1.54) is 0 Å². The van der Waals surface area contributed by atoms with Crippen LogP contribution in [0.4, 0.5) is 0 Å². The summed E-state index contributed by atoms with van der Waals surface area (Å²) in [5, 5.41) is 0. The summed E-state index contributed by atoms with van der Waals surface area (Å²) in [6.45, 7) is 0. The first kappa shape index (κ1) is 11.0. The molecule has 5 heteroatoms. The summed E-state index contributed by atoms with van der Waals surface area (Å²) in [5.74, 6) is 6.86. The molecule has 0 aliphatic heterocycles. The van der Waals surface area contributed by atoms with Gasteiger partial charge in [-0.1, -0.05) is 0 Å². The van der Waals surface area contributed by atoms with Crippen molar-refractivity contribution in [1.29, 1.82) is 0 Å². The molecule has 0 radical (unpaired) electrons. The number of nitrogens with one attached hydrogen (secondary N) is 1. The van der Waals surface area contributed by atoms with Crippen LogP contribution in [0.2, 0.25) is 0 Å². The summed E-state index contributed by atoms with van der Waals surface area (Å²) in [4.78, 5) is 0. The molecule has 13 heavy (non-hydrogen) atoms. The van der Waals surface area contributed by atoms with Gasteiger partial charge in [0, 0.05) is 5.88 Å². The number of furan rings is 1. The van der Waals surface area contributed by atoms with Crippen molar-refractivity contribution in [3.63, 3.8) is 0 Å². The molecule has 1 unspecified atom stereocenters. The second kappa shape index (κ2) is 5.65. The summed E-state index contributed by atoms with van der Waals surface area (Å²) in [7, 11) is 0. The van der Waals surface area contributed by atoms with Gasteiger partial charge in [-0.05, 0) is 34.8 Å². The van der Waals surface area contributed by atoms with Crippen molar-refractivity contribution < 1.29 is 4.42 Å². The van der Waals surface area contributed by atoms with Gasteiger partial charge in [0.15, 0.2) is 0 Å². The van der Waals surface area contributed by atoms with Gasteiger partial charge in [0.25, 0.3) is 0 Å². The fourth-order valence-electron chi connectivity index (χ4n) is 1.13. The molecule has 1 rings (SSSR count). The highest BCUT2D eigenvalue weighted by molar-refractivity contribution is 9.10. The van der Waals surface area contributed by atoms with E-state index in [4.69, 9.17) is 21.9 Å². The minimum atomic E-state index is 0.0307. The second-order valence-electron chi connectivity index (χ2n) is 2.68. The highest BCUT2D eigenvalue weighted by Crippen LogP contribution is 2.26. The molecule has 0 amide bonds. The average molecular weight is 268 g/mol. The maximum absolute atomic E-state index is 5.59. The molecule has 1 aromatic rings. The van der Waals surface area contributed by atoms with Crippen molar-refractivity contribution in [1.82, 2.24) is 5.43 Å². The van der Waals surface area contributed by atoms with Crippen LogP contribution in [0, 0.1) is 0 Å². The van der Waals surface area contributed by atoms with Crippen LogP contribution in [-0.2, 0) is 0 Å². The Morgan fingerprint density at radius 2 is 2.46 bits per heavy atom. The molecule has 0 bridgehead atoms. The van der Waals surface area contributed by atoms with Crippen LogP contribution in [0.1, 0.15) is 24.6 Å². The SMILES string of the molecule is NNC(CCCCl)c1occc1Br. The van der Waals surface area contributed by atoms with Crippen LogP contribution >= 0.6 is 27.5 Å². The molecule has 0 aliphatic carbocycles. The average Bonchev–Trinajstić information content (AvgIpc) is 2.54. The number of rotatable bonds is 5. The van der Waals surface area contributed by atoms with Gasteiger partial charge in [0.2, 0.25) is 0 Å². The number of hydrazine groups is 1. The van der Waals surface area contributed by atoms with Crippen molar-refractivity contribution in [2.75, 3.05) is 5.88 Å². The summed E-state index contributed by atoms with van der Waals surface area (Å²) < 4.78 is 6.22. The third-order valence-electron chi connectivity index (χ3n) is 1.79. The van der Waals surface area contributed by atoms with E-state index in [1.807, 2.05) is 6.07 Å². The van der Waals surface area contributed by atoms with E-state index in [-0.39, 0.29) is 6.04 Å². The Bertz CT molecular complexity index is 254. The van der Waals surface area contributed by atoms with Gasteiger partial charge in [0.05, 0.1) is 16.8 Å². The number of nitrogens with two attached hydrogens (primary N) is 1. The van der Waals surface area contributed by atoms with Crippen LogP contribution < -0.4 is 11.3 Å². The molecular formula is C8H12BrClN2O. The van der Waals surface area contributed by atoms with E-state index >= 15 is 0 Å². The molecule has 1 aromatic heterocycles. The molecule has 1 atom stereocenters. The van der Waals surface area contributed by atoms with E-state index in [0.717, 1.165) is 23.1 Å². The van der Waals surface area contributed by atoms with Crippen molar-refractivity contribution in [3.05, 3.63) is 22.6 Å². The van der Waals surface area contributed by atoms with Crippen molar-refractivity contribution in [2.24, 2.45) is 5.84 Å². The first-order valence-corrected chi connectivity index (χ1v) is 5.37. The molecule has 0 spiro atoms. The third kappa shape index (κ3) is 2.98. The number of halogens is 2. The highest BCUT2D eigenvalue weighted by atomic mass is 79.9. The van der Waals surface area contributed by atoms with Crippen LogP contribution in [0.25, 0.3) is 0 Å². The monoisotopic (exact) mass is 266 g/mol. The Kier molecular flexibility index (Phi) is 4.80. The van der Waals surface area contributed by atoms with Gasteiger partial charge in [-0.15, -0.1) is 11.6 Å². The number of hydrogen-bond donors (Lipinski definition) is 2. The van der Waals surface area contributed by atoms with E-state index in [9.17, 15) is 0 Å². The van der Waals surface area contributed by atoms with Gasteiger partial charge in [0.1, 0.15) is 5.76 Å². The van der Waals surface area contributed by atoms with E-state index in [0.29, 0.717) is 5.88 Å². The Morgan fingerprint density at radius 1 is 1.69 bits per heavy atom. The Labute approximate surface area is 90.7 Å². The molecule has 74 valence electrons. The second-order valence-corrected chi connectivity index (χ2v) is 3.92. The smallest absolute Gasteiger partial charge is 0.136 e. The lowest BCUT2D eigenvalue weighted by atomic mass is 10.1. The van der Waals surface area contributed by atoms with Crippen LogP contribution in [0.3, 0.4) is 0 Å². The quantitative estimate of drug-likeness (QED) is 0.490. The molecule has 0 fully saturated rings. The van der Waals surface area contributed by atoms with Gasteiger partial charge in [-0.3, -0.25) is 5.84 Å². The molecule has 0 aliphatic rings. The summed E-state index contributed by atoms with van der Waals surface area (Å²) in [5.41, 5.74) is 2.70. The van der Waals surface area contributed by atoms with Gasteiger partial charge in [-0.2, -0.15) is 0 Å². The predicted octanol–water partition coefficient (Wildman–Crippen LogP) is 2.57. The standard InChI is InChI=1S/C8H12BrClN2O/c9-6-3-5-13-8(6)7(12-11)2-1-4-10/h3,5,7,12H,1-2,4,11H2. The topological polar surface area (TPSA) is 51.2 Å². The summed E-state index contributed by atoms with van der Waals surface area (Å²) >= 11 is 8.97. The number of hydrogen-bond acceptors (Lipinski definition) is 3. The zero-order chi connectivity index (χ0) is 9.68. The maximum Gasteiger partial charge on any atom is 0.136 e. The Balaban J connectivity index is 2.61. The Hall–Kier alpha value is -0.0300. The van der Waals surface area contributed by atoms with E-state index in [1.54, 1.807) is 6.26 Å². The van der Waals surface area contributed by atoms with Gasteiger partial charge in [-0.25, -0.2) is 5.43 Å². The van der Waals surface area contributed by atoms with Crippen LogP contribution in [-0.4, -0.2) is 5.88 Å². The van der Waals surface area contributed by atoms with Gasteiger partial charge >= 0.3 is 0 Å². The molecule has 3 nitrogen and oxygen atoms in total. The predicted molar refractivity (Wildman–Crippen MR) is 56.4 cm³/mol. The molecular weight excluding hydrogens is 255 g/mol. The van der Waals surface area contributed by atoms with Crippen molar-refractivity contribution in [3.8, 4) is 0 Å². The maximum atomic E-state index is 5.59. The lowest BCUT2D eigenvalue weighted by molar-refractivity contribution is 0.397. The highest BCUT2D eigenvalue weighted by Gasteiger charge is 2.15. The van der Waals surface area contributed by atoms with E-state index in [2.05, 4.69) is 21.4 Å². The summed E-state index contributed by atoms with van der Waals surface area (Å²) in [6, 6.07) is 1.88. The molecule has 0 saturated carbocycles. The molecule has 0 saturated heterocycles. The van der Waals surface area contributed by atoms with Crippen LogP contribution in [0.15, 0.2) is 21.2 Å². The first-order valence-electron chi connectivity index (χ1n) is 4.04. The molecule has 3 N–H and O–H groups in total. The largest absolute Gasteiger partial charge is 0.466 e. The molecule has 0 aromatic carbocycles. The van der Waals surface area contributed by atoms with E-state index < -0.39 is 0 Å². The fourth-order valence-corrected chi connectivity index (χ4v) is 1.76. The van der Waals surface area contributed by atoms with Crippen LogP contribution in [0.5, 0.6) is 0 Å². The summed E-state index contributed by atoms with van der Waals surface area (Å²) in [6.07, 6.45) is 3.40. The lowest BCUT2D eigenvalue weighted by Crippen LogP contribution is -2.28. The minimum Gasteiger partial charge on any atom is -0.466 e. The van der Waals surface area contributed by atoms with Gasteiger partial charge < -0.3 is 4.42 Å². The zero-order valence-corrected chi connectivity index (χ0v) is 9.44. The fraction of sp³-hybridized carbons (Fsp3) is 0.500. The normalized spacial score (nSPS) is 13.2. The third-order valence-corrected chi connectivity index (χ3v) is 2.71.